The molecule has 10 rings (SSSR count). The van der Waals surface area contributed by atoms with Crippen molar-refractivity contribution in [3.05, 3.63) is 133 Å². The van der Waals surface area contributed by atoms with Gasteiger partial charge in [0.05, 0.1) is 0 Å². The van der Waals surface area contributed by atoms with Gasteiger partial charge in [-0.25, -0.2) is 0 Å². The van der Waals surface area contributed by atoms with Crippen molar-refractivity contribution in [2.24, 2.45) is 0 Å². The predicted octanol–water partition coefficient (Wildman–Crippen LogP) is 11.6. The lowest BCUT2D eigenvalue weighted by Gasteiger charge is -2.34. The van der Waals surface area contributed by atoms with Crippen LogP contribution in [0.1, 0.15) is 65.8 Å². The van der Waals surface area contributed by atoms with E-state index in [1.807, 2.05) is 11.3 Å². The van der Waals surface area contributed by atoms with Crippen LogP contribution < -0.4 is 4.90 Å². The number of nitrogens with zero attached hydrogens (tertiary/aromatic N) is 1. The summed E-state index contributed by atoms with van der Waals surface area (Å²) in [6.07, 6.45) is 24.7. The Hall–Kier alpha value is -4.34. The van der Waals surface area contributed by atoms with Gasteiger partial charge in [-0.15, -0.1) is 11.3 Å². The van der Waals surface area contributed by atoms with E-state index in [1.54, 1.807) is 27.8 Å². The van der Waals surface area contributed by atoms with Gasteiger partial charge in [0.2, 0.25) is 0 Å². The Balaban J connectivity index is 1.15. The summed E-state index contributed by atoms with van der Waals surface area (Å²) in [5, 5.41) is 4.93. The zero-order valence-corrected chi connectivity index (χ0v) is 25.6. The number of benzene rings is 3. The molecule has 0 bridgehead atoms. The maximum absolute atomic E-state index is 6.58. The monoisotopic (exact) mass is 587 g/mol. The fraction of sp³-hybridized carbons (Fsp3) is 0.220. The summed E-state index contributed by atoms with van der Waals surface area (Å²) in [6, 6.07) is 19.9. The smallest absolute Gasteiger partial charge is 0.137 e. The minimum Gasteiger partial charge on any atom is -0.456 e. The van der Waals surface area contributed by atoms with Gasteiger partial charge in [0.1, 0.15) is 11.2 Å². The van der Waals surface area contributed by atoms with Crippen molar-refractivity contribution in [1.29, 1.82) is 0 Å². The first kappa shape index (κ1) is 25.0. The van der Waals surface area contributed by atoms with E-state index in [0.717, 1.165) is 49.7 Å². The molecule has 5 aliphatic rings. The lowest BCUT2D eigenvalue weighted by atomic mass is 9.90. The number of thiophene rings is 1. The Morgan fingerprint density at radius 2 is 1.55 bits per heavy atom. The van der Waals surface area contributed by atoms with E-state index < -0.39 is 0 Å². The zero-order valence-electron chi connectivity index (χ0n) is 24.8. The second-order valence-electron chi connectivity index (χ2n) is 12.9. The molecule has 0 N–H and O–H groups in total. The maximum Gasteiger partial charge on any atom is 0.137 e. The topological polar surface area (TPSA) is 16.4 Å². The minimum absolute atomic E-state index is 0.962. The molecule has 0 aliphatic heterocycles. The van der Waals surface area contributed by atoms with Gasteiger partial charge in [0.25, 0.3) is 0 Å². The molecule has 0 radical (unpaired) electrons. The molecule has 214 valence electrons. The third-order valence-corrected chi connectivity index (χ3v) is 11.7. The predicted molar refractivity (Wildman–Crippen MR) is 186 cm³/mol. The molecule has 0 amide bonds. The second kappa shape index (κ2) is 9.58. The fourth-order valence-corrected chi connectivity index (χ4v) is 9.73. The van der Waals surface area contributed by atoms with Crippen LogP contribution in [0.4, 0.5) is 5.69 Å². The zero-order chi connectivity index (χ0) is 28.8. The van der Waals surface area contributed by atoms with Gasteiger partial charge in [-0.2, -0.15) is 0 Å². The van der Waals surface area contributed by atoms with Gasteiger partial charge in [-0.1, -0.05) is 54.1 Å². The quantitative estimate of drug-likeness (QED) is 0.209. The van der Waals surface area contributed by atoms with Crippen molar-refractivity contribution in [3.63, 3.8) is 0 Å². The third-order valence-electron chi connectivity index (χ3n) is 10.5. The summed E-state index contributed by atoms with van der Waals surface area (Å²) in [7, 11) is 0. The molecule has 0 unspecified atom stereocenters. The van der Waals surface area contributed by atoms with Crippen LogP contribution in [0.2, 0.25) is 0 Å². The van der Waals surface area contributed by atoms with Crippen molar-refractivity contribution in [1.82, 2.24) is 0 Å². The Morgan fingerprint density at radius 1 is 0.682 bits per heavy atom. The van der Waals surface area contributed by atoms with Crippen LogP contribution in [-0.4, -0.2) is 0 Å². The second-order valence-corrected chi connectivity index (χ2v) is 14.0. The van der Waals surface area contributed by atoms with Crippen LogP contribution in [0.15, 0.2) is 117 Å². The minimum atomic E-state index is 0.962. The molecule has 5 aromatic rings. The Bertz CT molecular complexity index is 2260. The molecule has 2 aromatic heterocycles. The highest BCUT2D eigenvalue weighted by molar-refractivity contribution is 7.14. The number of rotatable bonds is 3. The summed E-state index contributed by atoms with van der Waals surface area (Å²) >= 11 is 1.99. The molecular weight excluding hydrogens is 555 g/mol. The lowest BCUT2D eigenvalue weighted by molar-refractivity contribution is 0.669. The first-order valence-electron chi connectivity index (χ1n) is 16.3. The Kier molecular flexibility index (Phi) is 5.45. The van der Waals surface area contributed by atoms with Gasteiger partial charge < -0.3 is 9.32 Å². The highest BCUT2D eigenvalue weighted by Gasteiger charge is 2.30. The van der Waals surface area contributed by atoms with Gasteiger partial charge in [0.15, 0.2) is 0 Å². The third kappa shape index (κ3) is 3.72. The molecule has 3 heteroatoms. The normalized spacial score (nSPS) is 18.9. The molecular formula is C41H33NOS. The van der Waals surface area contributed by atoms with Crippen LogP contribution in [0.5, 0.6) is 0 Å². The highest BCUT2D eigenvalue weighted by atomic mass is 32.1. The Morgan fingerprint density at radius 3 is 2.55 bits per heavy atom. The SMILES string of the molecule is C1=CC2=C(CC1)C1=C(CCC(N(C3=Cc4sc5c(c4CC3)CCC=C5)c3ccc4c(c3)oc3ccc5ccccc5c34)=C1)C2. The summed E-state index contributed by atoms with van der Waals surface area (Å²) in [5.74, 6) is 0. The van der Waals surface area contributed by atoms with Gasteiger partial charge in [-0.05, 0) is 133 Å². The van der Waals surface area contributed by atoms with E-state index in [4.69, 9.17) is 4.42 Å². The number of hydrogen-bond acceptors (Lipinski definition) is 3. The average molecular weight is 588 g/mol. The Labute approximate surface area is 261 Å². The maximum atomic E-state index is 6.58. The molecule has 5 aliphatic carbocycles. The van der Waals surface area contributed by atoms with E-state index in [1.165, 1.54) is 73.2 Å². The van der Waals surface area contributed by atoms with Crippen LogP contribution >= 0.6 is 11.3 Å². The first-order chi connectivity index (χ1) is 21.8. The lowest BCUT2D eigenvalue weighted by Crippen LogP contribution is -2.25. The molecule has 0 saturated heterocycles. The van der Waals surface area contributed by atoms with Crippen molar-refractivity contribution < 1.29 is 4.42 Å². The van der Waals surface area contributed by atoms with Crippen molar-refractivity contribution in [2.45, 2.75) is 57.8 Å². The standard InChI is InChI=1S/C41H33NOS/c1-4-10-32-25(7-1)14-20-37-41(32)35-19-17-29(23-38(35)43-37)42(28-15-13-27-21-26-8-2-3-9-31(26)36(27)22-28)30-16-18-34-33-11-5-6-12-39(33)44-40(34)24-30/h1-2,4,6-8,10,12,14,17,19-20,22-24H,3,5,9,11,13,15-16,18,21H2. The summed E-state index contributed by atoms with van der Waals surface area (Å²) in [4.78, 5) is 5.54. The van der Waals surface area contributed by atoms with Crippen LogP contribution in [0.3, 0.4) is 0 Å². The average Bonchev–Trinajstić information content (AvgIpc) is 3.75. The van der Waals surface area contributed by atoms with E-state index in [0.29, 0.717) is 0 Å². The van der Waals surface area contributed by atoms with Crippen LogP contribution in [0, 0.1) is 0 Å². The van der Waals surface area contributed by atoms with E-state index in [9.17, 15) is 0 Å². The molecule has 0 spiro atoms. The highest BCUT2D eigenvalue weighted by Crippen LogP contribution is 2.47. The van der Waals surface area contributed by atoms with Crippen molar-refractivity contribution in [3.8, 4) is 0 Å². The number of hydrogen-bond donors (Lipinski definition) is 0. The van der Waals surface area contributed by atoms with E-state index >= 15 is 0 Å². The molecule has 44 heavy (non-hydrogen) atoms. The van der Waals surface area contributed by atoms with E-state index in [-0.39, 0.29) is 0 Å². The van der Waals surface area contributed by atoms with Crippen LogP contribution in [-0.2, 0) is 12.8 Å². The molecule has 0 fully saturated rings. The number of anilines is 1. The fourth-order valence-electron chi connectivity index (χ4n) is 8.43. The van der Waals surface area contributed by atoms with Crippen molar-refractivity contribution >= 4 is 61.9 Å². The first-order valence-corrected chi connectivity index (χ1v) is 17.1. The van der Waals surface area contributed by atoms with Crippen molar-refractivity contribution in [2.75, 3.05) is 4.90 Å². The van der Waals surface area contributed by atoms with Gasteiger partial charge >= 0.3 is 0 Å². The van der Waals surface area contributed by atoms with Gasteiger partial charge in [-0.3, -0.25) is 0 Å². The molecule has 0 saturated carbocycles. The molecule has 2 nitrogen and oxygen atoms in total. The molecule has 3 aromatic carbocycles. The molecule has 2 heterocycles. The number of fused-ring (bicyclic) bond motifs is 9. The van der Waals surface area contributed by atoms with Gasteiger partial charge in [0, 0.05) is 43.7 Å². The van der Waals surface area contributed by atoms with E-state index in [2.05, 4.69) is 96.0 Å². The summed E-state index contributed by atoms with van der Waals surface area (Å²) in [6.45, 7) is 0. The van der Waals surface area contributed by atoms with Crippen LogP contribution in [0.25, 0.3) is 44.9 Å². The largest absolute Gasteiger partial charge is 0.456 e. The number of allylic oxidation sites excluding steroid dienone is 10. The number of furan rings is 1. The molecule has 0 atom stereocenters. The summed E-state index contributed by atoms with van der Waals surface area (Å²) < 4.78 is 6.58. The summed E-state index contributed by atoms with van der Waals surface area (Å²) in [5.41, 5.74) is 15.5.